The Morgan fingerprint density at radius 1 is 1.75 bits per heavy atom. The highest BCUT2D eigenvalue weighted by Gasteiger charge is 2.29. The zero-order valence-electron chi connectivity index (χ0n) is 11.4. The molecule has 0 bridgehead atoms. The zero-order valence-corrected chi connectivity index (χ0v) is 12.2. The van der Waals surface area contributed by atoms with Gasteiger partial charge in [-0.2, -0.15) is 0 Å². The van der Waals surface area contributed by atoms with Gasteiger partial charge in [-0.1, -0.05) is 6.08 Å². The highest BCUT2D eigenvalue weighted by Crippen LogP contribution is 2.45. The Balaban J connectivity index is 2.29. The Hall–Kier alpha value is -1.73. The summed E-state index contributed by atoms with van der Waals surface area (Å²) in [7, 11) is 1.53. The van der Waals surface area contributed by atoms with Crippen LogP contribution in [0.1, 0.15) is 16.1 Å². The lowest BCUT2D eigenvalue weighted by Crippen LogP contribution is -2.23. The predicted octanol–water partition coefficient (Wildman–Crippen LogP) is 0.826. The number of nitrogens with one attached hydrogen (secondary N) is 1. The maximum atomic E-state index is 12.0. The third-order valence-corrected chi connectivity index (χ3v) is 4.40. The van der Waals surface area contributed by atoms with E-state index in [0.29, 0.717) is 35.8 Å². The Kier molecular flexibility index (Phi) is 4.51. The van der Waals surface area contributed by atoms with Crippen molar-refractivity contribution in [2.45, 2.75) is 12.5 Å². The molecule has 4 N–H and O–H groups in total. The quantitative estimate of drug-likeness (QED) is 0.701. The van der Waals surface area contributed by atoms with Crippen molar-refractivity contribution < 1.29 is 14.6 Å². The lowest BCUT2D eigenvalue weighted by Gasteiger charge is -2.16. The van der Waals surface area contributed by atoms with Crippen LogP contribution in [-0.2, 0) is 0 Å². The second-order valence-electron chi connectivity index (χ2n) is 4.57. The zero-order chi connectivity index (χ0) is 14.7. The van der Waals surface area contributed by atoms with E-state index < -0.39 is 0 Å². The number of anilines is 2. The molecule has 0 saturated carbocycles. The van der Waals surface area contributed by atoms with Gasteiger partial charge in [0.25, 0.3) is 5.91 Å². The van der Waals surface area contributed by atoms with Gasteiger partial charge in [0.15, 0.2) is 5.75 Å². The molecule has 7 heteroatoms. The smallest absolute Gasteiger partial charge is 0.263 e. The van der Waals surface area contributed by atoms with Gasteiger partial charge in [-0.05, 0) is 6.42 Å². The number of nitrogens with two attached hydrogens (primary N) is 1. The number of methoxy groups -OCH3 is 1. The van der Waals surface area contributed by atoms with Crippen LogP contribution in [-0.4, -0.2) is 43.9 Å². The molecule has 20 heavy (non-hydrogen) atoms. The Bertz CT molecular complexity index is 515. The molecule has 110 valence electrons. The number of ether oxygens (including phenoxy) is 1. The molecule has 1 aromatic heterocycles. The largest absolute Gasteiger partial charge is 0.492 e. The maximum Gasteiger partial charge on any atom is 0.263 e. The fourth-order valence-electron chi connectivity index (χ4n) is 2.16. The van der Waals surface area contributed by atoms with E-state index in [9.17, 15) is 9.90 Å². The minimum Gasteiger partial charge on any atom is -0.492 e. The standard InChI is InChI=1S/C13H19N3O3S/c1-3-5-15-12(18)11-9(14)10(19-2)13(20-11)16-6-4-8(17)7-16/h3,8,17H,1,4-7,14H2,2H3,(H,15,18). The molecule has 0 aliphatic carbocycles. The summed E-state index contributed by atoms with van der Waals surface area (Å²) >= 11 is 1.29. The maximum absolute atomic E-state index is 12.0. The Morgan fingerprint density at radius 3 is 3.05 bits per heavy atom. The van der Waals surface area contributed by atoms with Crippen molar-refractivity contribution in [3.8, 4) is 5.75 Å². The van der Waals surface area contributed by atoms with Gasteiger partial charge in [0.05, 0.1) is 13.2 Å². The molecule has 1 atom stereocenters. The first-order chi connectivity index (χ1) is 9.58. The lowest BCUT2D eigenvalue weighted by atomic mass is 10.3. The van der Waals surface area contributed by atoms with Crippen LogP contribution in [0.2, 0.25) is 0 Å². The number of hydrogen-bond donors (Lipinski definition) is 3. The van der Waals surface area contributed by atoms with Crippen molar-refractivity contribution in [3.63, 3.8) is 0 Å². The van der Waals surface area contributed by atoms with E-state index in [0.717, 1.165) is 11.5 Å². The number of thiophene rings is 1. The summed E-state index contributed by atoms with van der Waals surface area (Å²) in [5, 5.41) is 13.1. The van der Waals surface area contributed by atoms with Gasteiger partial charge in [0, 0.05) is 19.6 Å². The molecule has 1 aliphatic rings. The summed E-state index contributed by atoms with van der Waals surface area (Å²) in [6.45, 7) is 5.20. The molecule has 1 aromatic rings. The first-order valence-corrected chi connectivity index (χ1v) is 7.18. The molecule has 1 saturated heterocycles. The first kappa shape index (κ1) is 14.7. The molecule has 6 nitrogen and oxygen atoms in total. The molecule has 1 aliphatic heterocycles. The lowest BCUT2D eigenvalue weighted by molar-refractivity contribution is 0.0962. The molecular weight excluding hydrogens is 278 g/mol. The third-order valence-electron chi connectivity index (χ3n) is 3.15. The van der Waals surface area contributed by atoms with E-state index in [-0.39, 0.29) is 12.0 Å². The molecule has 1 fully saturated rings. The summed E-state index contributed by atoms with van der Waals surface area (Å²) in [4.78, 5) is 14.5. The summed E-state index contributed by atoms with van der Waals surface area (Å²) < 4.78 is 5.32. The topological polar surface area (TPSA) is 87.8 Å². The van der Waals surface area contributed by atoms with Crippen molar-refractivity contribution in [1.29, 1.82) is 0 Å². The molecular formula is C13H19N3O3S. The van der Waals surface area contributed by atoms with Crippen LogP contribution in [0.5, 0.6) is 5.75 Å². The van der Waals surface area contributed by atoms with Crippen LogP contribution in [0, 0.1) is 0 Å². The average molecular weight is 297 g/mol. The number of nitrogen functional groups attached to an aromatic ring is 1. The summed E-state index contributed by atoms with van der Waals surface area (Å²) in [5.41, 5.74) is 6.34. The molecule has 0 aromatic carbocycles. The van der Waals surface area contributed by atoms with Crippen LogP contribution in [0.3, 0.4) is 0 Å². The van der Waals surface area contributed by atoms with Gasteiger partial charge in [0.2, 0.25) is 0 Å². The van der Waals surface area contributed by atoms with Crippen molar-refractivity contribution >= 4 is 27.9 Å². The predicted molar refractivity (Wildman–Crippen MR) is 80.7 cm³/mol. The van der Waals surface area contributed by atoms with E-state index in [2.05, 4.69) is 11.9 Å². The van der Waals surface area contributed by atoms with Crippen molar-refractivity contribution in [2.24, 2.45) is 0 Å². The van der Waals surface area contributed by atoms with E-state index in [4.69, 9.17) is 10.5 Å². The van der Waals surface area contributed by atoms with E-state index in [1.807, 2.05) is 4.90 Å². The number of nitrogens with zero attached hydrogens (tertiary/aromatic N) is 1. The minimum atomic E-state index is -0.346. The molecule has 2 heterocycles. The number of aliphatic hydroxyl groups excluding tert-OH is 1. The van der Waals surface area contributed by atoms with Crippen LogP contribution in [0.25, 0.3) is 0 Å². The number of rotatable bonds is 5. The summed E-state index contributed by atoms with van der Waals surface area (Å²) in [5.74, 6) is 0.268. The van der Waals surface area contributed by atoms with Crippen molar-refractivity contribution in [3.05, 3.63) is 17.5 Å². The minimum absolute atomic E-state index is 0.239. The van der Waals surface area contributed by atoms with Crippen molar-refractivity contribution in [2.75, 3.05) is 37.4 Å². The van der Waals surface area contributed by atoms with Crippen LogP contribution in [0.15, 0.2) is 12.7 Å². The second-order valence-corrected chi connectivity index (χ2v) is 5.57. The molecule has 1 amide bonds. The molecule has 0 spiro atoms. The fraction of sp³-hybridized carbons (Fsp3) is 0.462. The highest BCUT2D eigenvalue weighted by molar-refractivity contribution is 7.19. The number of aliphatic hydroxyl groups is 1. The molecule has 0 radical (unpaired) electrons. The number of amides is 1. The fourth-order valence-corrected chi connectivity index (χ4v) is 3.30. The summed E-state index contributed by atoms with van der Waals surface area (Å²) in [6.07, 6.45) is 1.97. The highest BCUT2D eigenvalue weighted by atomic mass is 32.1. The number of hydrogen-bond acceptors (Lipinski definition) is 6. The van der Waals surface area contributed by atoms with Crippen LogP contribution in [0.4, 0.5) is 10.7 Å². The third kappa shape index (κ3) is 2.73. The molecule has 1 unspecified atom stereocenters. The van der Waals surface area contributed by atoms with Gasteiger partial charge in [-0.3, -0.25) is 4.79 Å². The van der Waals surface area contributed by atoms with Gasteiger partial charge >= 0.3 is 0 Å². The Labute approximate surface area is 121 Å². The van der Waals surface area contributed by atoms with Crippen LogP contribution < -0.4 is 20.7 Å². The average Bonchev–Trinajstić information content (AvgIpc) is 2.99. The van der Waals surface area contributed by atoms with Crippen LogP contribution >= 0.6 is 11.3 Å². The normalized spacial score (nSPS) is 18.1. The number of carbonyl (C=O) groups excluding carboxylic acids is 1. The number of β-amino-alcohol motifs (C(OH)–C–C–N with tert-alkyl or cyclic N) is 1. The number of carbonyl (C=O) groups is 1. The SMILES string of the molecule is C=CCNC(=O)c1sc(N2CCC(O)C2)c(OC)c1N. The summed E-state index contributed by atoms with van der Waals surface area (Å²) in [6, 6.07) is 0. The first-order valence-electron chi connectivity index (χ1n) is 6.36. The van der Waals surface area contributed by atoms with Gasteiger partial charge in [0.1, 0.15) is 15.6 Å². The van der Waals surface area contributed by atoms with Crippen molar-refractivity contribution in [1.82, 2.24) is 5.32 Å². The monoisotopic (exact) mass is 297 g/mol. The Morgan fingerprint density at radius 2 is 2.50 bits per heavy atom. The second kappa shape index (κ2) is 6.15. The van der Waals surface area contributed by atoms with E-state index in [1.165, 1.54) is 18.4 Å². The van der Waals surface area contributed by atoms with E-state index in [1.54, 1.807) is 6.08 Å². The van der Waals surface area contributed by atoms with E-state index >= 15 is 0 Å². The molecule has 2 rings (SSSR count). The van der Waals surface area contributed by atoms with Gasteiger partial charge < -0.3 is 25.8 Å². The van der Waals surface area contributed by atoms with Gasteiger partial charge in [-0.15, -0.1) is 17.9 Å². The van der Waals surface area contributed by atoms with Gasteiger partial charge in [-0.25, -0.2) is 0 Å².